The lowest BCUT2D eigenvalue weighted by atomic mass is 10.1. The molecule has 0 aliphatic carbocycles. The Morgan fingerprint density at radius 3 is 2.76 bits per heavy atom. The summed E-state index contributed by atoms with van der Waals surface area (Å²) in [6.07, 6.45) is 0. The lowest BCUT2D eigenvalue weighted by Crippen LogP contribution is -2.23. The second kappa shape index (κ2) is 4.85. The van der Waals surface area contributed by atoms with Gasteiger partial charge in [0.25, 0.3) is 0 Å². The molecule has 0 unspecified atom stereocenters. The van der Waals surface area contributed by atoms with E-state index in [0.717, 1.165) is 11.3 Å². The third kappa shape index (κ3) is 2.33. The topological polar surface area (TPSA) is 37.8 Å². The maximum absolute atomic E-state index is 11.8. The van der Waals surface area contributed by atoms with Gasteiger partial charge in [0, 0.05) is 17.1 Å². The number of aromatic amines is 1. The van der Waals surface area contributed by atoms with Crippen LogP contribution in [0.4, 0.5) is 0 Å². The minimum absolute atomic E-state index is 0.213. The molecule has 2 rings (SSSR count). The first-order valence-corrected chi connectivity index (χ1v) is 6.01. The van der Waals surface area contributed by atoms with Crippen molar-refractivity contribution in [3.05, 3.63) is 50.5 Å². The molecule has 0 bridgehead atoms. The van der Waals surface area contributed by atoms with Gasteiger partial charge in [0.2, 0.25) is 0 Å². The highest BCUT2D eigenvalue weighted by Gasteiger charge is 2.08. The summed E-state index contributed by atoms with van der Waals surface area (Å²) in [6, 6.07) is 9.15. The molecule has 5 heteroatoms. The van der Waals surface area contributed by atoms with Gasteiger partial charge in [0.05, 0.1) is 5.69 Å². The van der Waals surface area contributed by atoms with Gasteiger partial charge in [-0.15, -0.1) is 0 Å². The second-order valence-corrected chi connectivity index (χ2v) is 4.40. The smallest absolute Gasteiger partial charge is 0.298 e. The number of benzene rings is 1. The largest absolute Gasteiger partial charge is 0.326 e. The fourth-order valence-electron chi connectivity index (χ4n) is 1.73. The molecule has 0 aliphatic heterocycles. The summed E-state index contributed by atoms with van der Waals surface area (Å²) in [5, 5.41) is 0.606. The van der Waals surface area contributed by atoms with Crippen molar-refractivity contribution in [2.24, 2.45) is 0 Å². The van der Waals surface area contributed by atoms with Crippen molar-refractivity contribution in [3.63, 3.8) is 0 Å². The SMILES string of the molecule is CCn1c(-c2ccccc2Cl)cc(=S)[nH]c1=O. The maximum atomic E-state index is 11.8. The van der Waals surface area contributed by atoms with Crippen LogP contribution in [0, 0.1) is 4.64 Å². The summed E-state index contributed by atoms with van der Waals surface area (Å²) in [6.45, 7) is 2.46. The predicted molar refractivity (Wildman–Crippen MR) is 72.0 cm³/mol. The van der Waals surface area contributed by atoms with E-state index in [1.807, 2.05) is 25.1 Å². The molecule has 1 heterocycles. The van der Waals surface area contributed by atoms with E-state index in [1.54, 1.807) is 16.7 Å². The quantitative estimate of drug-likeness (QED) is 0.848. The first-order chi connectivity index (χ1) is 8.13. The molecule has 2 aromatic rings. The Labute approximate surface area is 109 Å². The number of hydrogen-bond donors (Lipinski definition) is 1. The zero-order chi connectivity index (χ0) is 12.4. The van der Waals surface area contributed by atoms with Gasteiger partial charge in [-0.2, -0.15) is 0 Å². The van der Waals surface area contributed by atoms with E-state index < -0.39 is 0 Å². The third-order valence-electron chi connectivity index (χ3n) is 2.50. The van der Waals surface area contributed by atoms with E-state index in [2.05, 4.69) is 4.98 Å². The molecule has 0 fully saturated rings. The van der Waals surface area contributed by atoms with Crippen molar-refractivity contribution < 1.29 is 0 Å². The van der Waals surface area contributed by atoms with Crippen LogP contribution < -0.4 is 5.69 Å². The lowest BCUT2D eigenvalue weighted by Gasteiger charge is -2.11. The number of halogens is 1. The van der Waals surface area contributed by atoms with E-state index >= 15 is 0 Å². The van der Waals surface area contributed by atoms with E-state index in [1.165, 1.54) is 0 Å². The van der Waals surface area contributed by atoms with Crippen LogP contribution in [0.3, 0.4) is 0 Å². The zero-order valence-corrected chi connectivity index (χ0v) is 10.8. The number of rotatable bonds is 2. The van der Waals surface area contributed by atoms with Crippen LogP contribution in [0.2, 0.25) is 5.02 Å². The van der Waals surface area contributed by atoms with Gasteiger partial charge in [-0.05, 0) is 19.1 Å². The number of H-pyrrole nitrogens is 1. The van der Waals surface area contributed by atoms with Crippen molar-refractivity contribution in [1.82, 2.24) is 9.55 Å². The molecular weight excluding hydrogens is 256 g/mol. The van der Waals surface area contributed by atoms with E-state index in [-0.39, 0.29) is 5.69 Å². The summed E-state index contributed by atoms with van der Waals surface area (Å²) in [5.41, 5.74) is 1.34. The van der Waals surface area contributed by atoms with Gasteiger partial charge in [0.15, 0.2) is 0 Å². The molecule has 3 nitrogen and oxygen atoms in total. The van der Waals surface area contributed by atoms with Crippen LogP contribution in [0.15, 0.2) is 35.1 Å². The summed E-state index contributed by atoms with van der Waals surface area (Å²) >= 11 is 11.2. The van der Waals surface area contributed by atoms with Gasteiger partial charge >= 0.3 is 5.69 Å². The minimum atomic E-state index is -0.213. The first-order valence-electron chi connectivity index (χ1n) is 5.22. The standard InChI is InChI=1S/C12H11ClN2OS/c1-2-15-10(7-11(17)14-12(15)16)8-5-3-4-6-9(8)13/h3-7H,2H2,1H3,(H,14,16,17). The second-order valence-electron chi connectivity index (χ2n) is 3.55. The highest BCUT2D eigenvalue weighted by atomic mass is 35.5. The molecule has 0 amide bonds. The Kier molecular flexibility index (Phi) is 3.45. The lowest BCUT2D eigenvalue weighted by molar-refractivity contribution is 0.705. The Hall–Kier alpha value is -1.39. The molecule has 1 aromatic heterocycles. The molecule has 1 aromatic carbocycles. The van der Waals surface area contributed by atoms with Crippen LogP contribution in [-0.2, 0) is 6.54 Å². The van der Waals surface area contributed by atoms with Crippen LogP contribution in [0.1, 0.15) is 6.92 Å². The van der Waals surface area contributed by atoms with Crippen LogP contribution in [0.25, 0.3) is 11.3 Å². The number of aromatic nitrogens is 2. The predicted octanol–water partition coefficient (Wildman–Crippen LogP) is 3.25. The highest BCUT2D eigenvalue weighted by Crippen LogP contribution is 2.26. The van der Waals surface area contributed by atoms with Crippen molar-refractivity contribution in [3.8, 4) is 11.3 Å². The Bertz CT molecular complexity index is 660. The number of nitrogens with one attached hydrogen (secondary N) is 1. The van der Waals surface area contributed by atoms with E-state index in [0.29, 0.717) is 16.2 Å². The van der Waals surface area contributed by atoms with Crippen LogP contribution in [0.5, 0.6) is 0 Å². The zero-order valence-electron chi connectivity index (χ0n) is 9.24. The molecule has 17 heavy (non-hydrogen) atoms. The Balaban J connectivity index is 2.80. The van der Waals surface area contributed by atoms with E-state index in [4.69, 9.17) is 23.8 Å². The van der Waals surface area contributed by atoms with Crippen molar-refractivity contribution in [1.29, 1.82) is 0 Å². The highest BCUT2D eigenvalue weighted by molar-refractivity contribution is 7.71. The molecule has 0 spiro atoms. The van der Waals surface area contributed by atoms with Gasteiger partial charge in [-0.1, -0.05) is 42.0 Å². The van der Waals surface area contributed by atoms with Crippen molar-refractivity contribution in [2.75, 3.05) is 0 Å². The first kappa shape index (κ1) is 12.1. The molecule has 0 aliphatic rings. The summed E-state index contributed by atoms with van der Waals surface area (Å²) in [7, 11) is 0. The van der Waals surface area contributed by atoms with Gasteiger partial charge in [-0.25, -0.2) is 4.79 Å². The molecule has 0 saturated carbocycles. The Morgan fingerprint density at radius 1 is 1.41 bits per heavy atom. The molecular formula is C12H11ClN2OS. The third-order valence-corrected chi connectivity index (χ3v) is 3.05. The average Bonchev–Trinajstić information content (AvgIpc) is 2.28. The minimum Gasteiger partial charge on any atom is -0.298 e. The summed E-state index contributed by atoms with van der Waals surface area (Å²) < 4.78 is 2.02. The monoisotopic (exact) mass is 266 g/mol. The van der Waals surface area contributed by atoms with Crippen LogP contribution in [-0.4, -0.2) is 9.55 Å². The molecule has 0 saturated heterocycles. The summed E-state index contributed by atoms with van der Waals surface area (Å²) in [5.74, 6) is 0. The normalized spacial score (nSPS) is 10.5. The molecule has 0 atom stereocenters. The number of hydrogen-bond acceptors (Lipinski definition) is 2. The fraction of sp³-hybridized carbons (Fsp3) is 0.167. The van der Waals surface area contributed by atoms with Crippen LogP contribution >= 0.6 is 23.8 Å². The summed E-state index contributed by atoms with van der Waals surface area (Å²) in [4.78, 5) is 14.4. The van der Waals surface area contributed by atoms with Crippen molar-refractivity contribution in [2.45, 2.75) is 13.5 Å². The average molecular weight is 267 g/mol. The van der Waals surface area contributed by atoms with Gasteiger partial charge < -0.3 is 0 Å². The van der Waals surface area contributed by atoms with Gasteiger partial charge in [-0.3, -0.25) is 9.55 Å². The maximum Gasteiger partial charge on any atom is 0.326 e. The fourth-order valence-corrected chi connectivity index (χ4v) is 2.16. The Morgan fingerprint density at radius 2 is 2.12 bits per heavy atom. The molecule has 1 N–H and O–H groups in total. The van der Waals surface area contributed by atoms with E-state index in [9.17, 15) is 4.79 Å². The van der Waals surface area contributed by atoms with Gasteiger partial charge in [0.1, 0.15) is 4.64 Å². The van der Waals surface area contributed by atoms with Crippen molar-refractivity contribution >= 4 is 23.8 Å². The number of nitrogens with zero attached hydrogens (tertiary/aromatic N) is 1. The molecule has 88 valence electrons. The molecule has 0 radical (unpaired) electrons.